The number of carbonyl (C=O) groups excluding carboxylic acids is 1. The van der Waals surface area contributed by atoms with Crippen LogP contribution in [0, 0.1) is 18.7 Å². The predicted octanol–water partition coefficient (Wildman–Crippen LogP) is 2.99. The van der Waals surface area contributed by atoms with Gasteiger partial charge in [-0.05, 0) is 49.8 Å². The molecule has 0 unspecified atom stereocenters. The van der Waals surface area contributed by atoms with Gasteiger partial charge in [0.2, 0.25) is 0 Å². The molecule has 1 aliphatic carbocycles. The summed E-state index contributed by atoms with van der Waals surface area (Å²) in [6, 6.07) is 4.79. The van der Waals surface area contributed by atoms with Gasteiger partial charge in [-0.15, -0.1) is 0 Å². The summed E-state index contributed by atoms with van der Waals surface area (Å²) in [5, 5.41) is 13.6. The second-order valence-electron chi connectivity index (χ2n) is 7.47. The Morgan fingerprint density at radius 3 is 2.74 bits per heavy atom. The topological polar surface area (TPSA) is 75.4 Å². The molecule has 1 heterocycles. The van der Waals surface area contributed by atoms with E-state index in [1.54, 1.807) is 12.1 Å². The van der Waals surface area contributed by atoms with Crippen LogP contribution in [0.15, 0.2) is 18.2 Å². The molecule has 3 rings (SSSR count). The van der Waals surface area contributed by atoms with Crippen molar-refractivity contribution in [3.8, 4) is 5.69 Å². The molecule has 0 aliphatic heterocycles. The van der Waals surface area contributed by atoms with Crippen LogP contribution in [-0.4, -0.2) is 44.8 Å². The van der Waals surface area contributed by atoms with Crippen molar-refractivity contribution in [2.24, 2.45) is 5.92 Å². The molecule has 0 atom stereocenters. The van der Waals surface area contributed by atoms with E-state index in [9.17, 15) is 14.0 Å². The molecular formula is C20H24FN3O3. The molecule has 1 aromatic carbocycles. The molecule has 144 valence electrons. The van der Waals surface area contributed by atoms with Crippen LogP contribution in [0.25, 0.3) is 5.69 Å². The lowest BCUT2D eigenvalue weighted by Crippen LogP contribution is -2.38. The number of amides is 1. The monoisotopic (exact) mass is 373 g/mol. The minimum absolute atomic E-state index is 0.123. The summed E-state index contributed by atoms with van der Waals surface area (Å²) < 4.78 is 15.9. The molecule has 1 amide bonds. The van der Waals surface area contributed by atoms with Crippen LogP contribution in [0.3, 0.4) is 0 Å². The van der Waals surface area contributed by atoms with Crippen molar-refractivity contribution in [3.63, 3.8) is 0 Å². The van der Waals surface area contributed by atoms with Crippen molar-refractivity contribution in [2.45, 2.75) is 40.0 Å². The van der Waals surface area contributed by atoms with Gasteiger partial charge in [0.1, 0.15) is 18.0 Å². The van der Waals surface area contributed by atoms with Crippen molar-refractivity contribution in [1.82, 2.24) is 14.7 Å². The highest BCUT2D eigenvalue weighted by molar-refractivity contribution is 5.96. The fourth-order valence-electron chi connectivity index (χ4n) is 3.57. The Balaban J connectivity index is 2.05. The maximum Gasteiger partial charge on any atom is 0.323 e. The number of benzene rings is 1. The molecule has 0 spiro atoms. The third-order valence-electron chi connectivity index (χ3n) is 4.66. The molecule has 0 saturated carbocycles. The lowest BCUT2D eigenvalue weighted by Gasteiger charge is -2.22. The molecule has 0 saturated heterocycles. The highest BCUT2D eigenvalue weighted by Gasteiger charge is 2.31. The SMILES string of the molecule is Cc1ccc(F)c(-n2nc(C(=O)N(CC(=O)O)CC(C)C)c3c2CCC3)c1. The van der Waals surface area contributed by atoms with Crippen molar-refractivity contribution in [2.75, 3.05) is 13.1 Å². The van der Waals surface area contributed by atoms with Crippen LogP contribution < -0.4 is 0 Å². The Hall–Kier alpha value is -2.70. The first-order chi connectivity index (χ1) is 12.8. The molecule has 1 aromatic heterocycles. The van der Waals surface area contributed by atoms with Crippen LogP contribution in [-0.2, 0) is 17.6 Å². The van der Waals surface area contributed by atoms with Crippen molar-refractivity contribution in [3.05, 3.63) is 46.5 Å². The van der Waals surface area contributed by atoms with Gasteiger partial charge in [0.05, 0.1) is 0 Å². The molecule has 0 radical (unpaired) electrons. The summed E-state index contributed by atoms with van der Waals surface area (Å²) >= 11 is 0. The minimum atomic E-state index is -1.06. The molecule has 7 heteroatoms. The first-order valence-corrected chi connectivity index (χ1v) is 9.16. The van der Waals surface area contributed by atoms with E-state index in [0.29, 0.717) is 25.1 Å². The van der Waals surface area contributed by atoms with Crippen molar-refractivity contribution in [1.29, 1.82) is 0 Å². The first-order valence-electron chi connectivity index (χ1n) is 9.16. The van der Waals surface area contributed by atoms with Gasteiger partial charge < -0.3 is 10.0 Å². The summed E-state index contributed by atoms with van der Waals surface area (Å²) in [5.41, 5.74) is 3.10. The minimum Gasteiger partial charge on any atom is -0.480 e. The van der Waals surface area contributed by atoms with E-state index in [1.807, 2.05) is 20.8 Å². The summed E-state index contributed by atoms with van der Waals surface area (Å²) in [5.74, 6) is -1.75. The molecular weight excluding hydrogens is 349 g/mol. The van der Waals surface area contributed by atoms with E-state index in [-0.39, 0.29) is 18.2 Å². The summed E-state index contributed by atoms with van der Waals surface area (Å²) in [4.78, 5) is 25.6. The summed E-state index contributed by atoms with van der Waals surface area (Å²) in [6.07, 6.45) is 2.27. The fourth-order valence-corrected chi connectivity index (χ4v) is 3.57. The zero-order chi connectivity index (χ0) is 19.7. The molecule has 6 nitrogen and oxygen atoms in total. The highest BCUT2D eigenvalue weighted by atomic mass is 19.1. The normalized spacial score (nSPS) is 13.1. The lowest BCUT2D eigenvalue weighted by molar-refractivity contribution is -0.137. The van der Waals surface area contributed by atoms with Gasteiger partial charge in [0, 0.05) is 17.8 Å². The van der Waals surface area contributed by atoms with Gasteiger partial charge in [-0.3, -0.25) is 9.59 Å². The average molecular weight is 373 g/mol. The van der Waals surface area contributed by atoms with Crippen LogP contribution in [0.4, 0.5) is 4.39 Å². The van der Waals surface area contributed by atoms with E-state index in [2.05, 4.69) is 5.10 Å². The Labute approximate surface area is 157 Å². The number of carboxylic acids is 1. The number of rotatable bonds is 6. The number of hydrogen-bond acceptors (Lipinski definition) is 3. The Morgan fingerprint density at radius 2 is 2.07 bits per heavy atom. The van der Waals surface area contributed by atoms with Crippen molar-refractivity contribution >= 4 is 11.9 Å². The van der Waals surface area contributed by atoms with Gasteiger partial charge in [-0.25, -0.2) is 9.07 Å². The van der Waals surface area contributed by atoms with Gasteiger partial charge in [0.15, 0.2) is 5.69 Å². The third-order valence-corrected chi connectivity index (χ3v) is 4.66. The zero-order valence-electron chi connectivity index (χ0n) is 15.8. The van der Waals surface area contributed by atoms with Crippen LogP contribution in [0.5, 0.6) is 0 Å². The maximum absolute atomic E-state index is 14.4. The Bertz CT molecular complexity index is 889. The highest BCUT2D eigenvalue weighted by Crippen LogP contribution is 2.30. The molecule has 1 N–H and O–H groups in total. The van der Waals surface area contributed by atoms with Gasteiger partial charge in [-0.2, -0.15) is 5.10 Å². The average Bonchev–Trinajstić information content (AvgIpc) is 3.17. The van der Waals surface area contributed by atoms with Crippen molar-refractivity contribution < 1.29 is 19.1 Å². The molecule has 2 aromatic rings. The number of halogens is 1. The summed E-state index contributed by atoms with van der Waals surface area (Å²) in [7, 11) is 0. The van der Waals surface area contributed by atoms with E-state index in [0.717, 1.165) is 23.2 Å². The largest absolute Gasteiger partial charge is 0.480 e. The van der Waals surface area contributed by atoms with E-state index in [1.165, 1.54) is 15.6 Å². The van der Waals surface area contributed by atoms with Crippen LogP contribution in [0.1, 0.15) is 47.6 Å². The number of aliphatic carboxylic acids is 1. The first kappa shape index (κ1) is 19.1. The van der Waals surface area contributed by atoms with Gasteiger partial charge in [0.25, 0.3) is 5.91 Å². The second-order valence-corrected chi connectivity index (χ2v) is 7.47. The zero-order valence-corrected chi connectivity index (χ0v) is 15.8. The number of aryl methyl sites for hydroxylation is 1. The van der Waals surface area contributed by atoms with Gasteiger partial charge >= 0.3 is 5.97 Å². The number of fused-ring (bicyclic) bond motifs is 1. The lowest BCUT2D eigenvalue weighted by atomic mass is 10.1. The van der Waals surface area contributed by atoms with E-state index in [4.69, 9.17) is 5.11 Å². The maximum atomic E-state index is 14.4. The number of nitrogens with zero attached hydrogens (tertiary/aromatic N) is 3. The fraction of sp³-hybridized carbons (Fsp3) is 0.450. The number of hydrogen-bond donors (Lipinski definition) is 1. The molecule has 0 fully saturated rings. The third kappa shape index (κ3) is 3.86. The Kier molecular flexibility index (Phi) is 5.30. The Morgan fingerprint density at radius 1 is 1.33 bits per heavy atom. The standard InChI is InChI=1S/C20H24FN3O3/c1-12(2)10-23(11-18(25)26)20(27)19-14-5-4-6-16(14)24(22-19)17-9-13(3)7-8-15(17)21/h7-9,12H,4-6,10-11H2,1-3H3,(H,25,26). The van der Waals surface area contributed by atoms with Crippen LogP contribution >= 0.6 is 0 Å². The molecule has 1 aliphatic rings. The summed E-state index contributed by atoms with van der Waals surface area (Å²) in [6.45, 7) is 5.67. The van der Waals surface area contributed by atoms with E-state index < -0.39 is 17.7 Å². The van der Waals surface area contributed by atoms with E-state index >= 15 is 0 Å². The number of carboxylic acid groups (broad SMARTS) is 1. The number of carbonyl (C=O) groups is 2. The van der Waals surface area contributed by atoms with Gasteiger partial charge in [-0.1, -0.05) is 19.9 Å². The van der Waals surface area contributed by atoms with Crippen LogP contribution in [0.2, 0.25) is 0 Å². The smallest absolute Gasteiger partial charge is 0.323 e. The quantitative estimate of drug-likeness (QED) is 0.845. The molecule has 27 heavy (non-hydrogen) atoms. The second kappa shape index (κ2) is 7.50. The number of aromatic nitrogens is 2. The molecule has 0 bridgehead atoms. The predicted molar refractivity (Wildman–Crippen MR) is 98.7 cm³/mol.